The van der Waals surface area contributed by atoms with Crippen LogP contribution in [-0.4, -0.2) is 50.5 Å². The molecule has 0 saturated carbocycles. The molecule has 3 rings (SSSR count). The van der Waals surface area contributed by atoms with E-state index in [0.29, 0.717) is 27.8 Å². The van der Waals surface area contributed by atoms with E-state index in [0.717, 1.165) is 40.1 Å². The normalized spacial score (nSPS) is 12.0. The van der Waals surface area contributed by atoms with Crippen LogP contribution in [0.25, 0.3) is 0 Å². The summed E-state index contributed by atoms with van der Waals surface area (Å²) in [5.41, 5.74) is 3.71. The second-order valence-electron chi connectivity index (χ2n) is 10.1. The first kappa shape index (κ1) is 32.4. The van der Waals surface area contributed by atoms with Gasteiger partial charge in [0.25, 0.3) is 0 Å². The minimum Gasteiger partial charge on any atom is -0.354 e. The Hall–Kier alpha value is -3.07. The molecule has 0 aliphatic rings. The molecule has 0 bridgehead atoms. The summed E-state index contributed by atoms with van der Waals surface area (Å²) in [5, 5.41) is 3.74. The van der Waals surface area contributed by atoms with Crippen molar-refractivity contribution in [2.45, 2.75) is 52.6 Å². The maximum absolute atomic E-state index is 14.1. The van der Waals surface area contributed by atoms with Gasteiger partial charge in [0.05, 0.1) is 11.9 Å². The van der Waals surface area contributed by atoms with Crippen LogP contribution in [0.5, 0.6) is 0 Å². The lowest BCUT2D eigenvalue weighted by molar-refractivity contribution is -0.140. The number of amides is 2. The lowest BCUT2D eigenvalue weighted by Crippen LogP contribution is -2.53. The number of nitrogens with one attached hydrogen (secondary N) is 1. The first-order valence-electron chi connectivity index (χ1n) is 13.5. The summed E-state index contributed by atoms with van der Waals surface area (Å²) in [6, 6.07) is 18.7. The van der Waals surface area contributed by atoms with Gasteiger partial charge < -0.3 is 10.2 Å². The largest absolute Gasteiger partial charge is 0.354 e. The van der Waals surface area contributed by atoms with E-state index in [4.69, 9.17) is 23.2 Å². The van der Waals surface area contributed by atoms with Crippen molar-refractivity contribution in [3.8, 4) is 0 Å². The summed E-state index contributed by atoms with van der Waals surface area (Å²) in [6.07, 6.45) is 2.98. The minimum atomic E-state index is -3.84. The van der Waals surface area contributed by atoms with Crippen LogP contribution in [0.2, 0.25) is 10.0 Å². The van der Waals surface area contributed by atoms with Gasteiger partial charge in [0, 0.05) is 29.6 Å². The highest BCUT2D eigenvalue weighted by Crippen LogP contribution is 2.26. The molecular formula is C31H37Cl2N3O4S. The van der Waals surface area contributed by atoms with Crippen LogP contribution in [0.4, 0.5) is 5.69 Å². The molecule has 0 radical (unpaired) electrons. The Labute approximate surface area is 253 Å². The van der Waals surface area contributed by atoms with Gasteiger partial charge in [-0.15, -0.1) is 0 Å². The second-order valence-corrected chi connectivity index (χ2v) is 12.9. The zero-order chi connectivity index (χ0) is 30.2. The van der Waals surface area contributed by atoms with Gasteiger partial charge in [-0.1, -0.05) is 79.0 Å². The summed E-state index contributed by atoms with van der Waals surface area (Å²) in [7, 11) is -3.84. The molecule has 220 valence electrons. The average Bonchev–Trinajstić information content (AvgIpc) is 2.92. The molecule has 7 nitrogen and oxygen atoms in total. The van der Waals surface area contributed by atoms with Crippen LogP contribution < -0.4 is 9.62 Å². The predicted octanol–water partition coefficient (Wildman–Crippen LogP) is 5.93. The number of unbranched alkanes of at least 4 members (excludes halogenated alkanes) is 1. The maximum atomic E-state index is 14.1. The van der Waals surface area contributed by atoms with Gasteiger partial charge in [0.15, 0.2) is 0 Å². The number of halogens is 2. The molecule has 1 N–H and O–H groups in total. The van der Waals surface area contributed by atoms with Gasteiger partial charge in [-0.25, -0.2) is 8.42 Å². The number of carbonyl (C=O) groups excluding carboxylic acids is 2. The summed E-state index contributed by atoms with van der Waals surface area (Å²) in [4.78, 5) is 29.2. The fourth-order valence-electron chi connectivity index (χ4n) is 4.39. The van der Waals surface area contributed by atoms with Crippen molar-refractivity contribution in [2.75, 3.05) is 23.7 Å². The van der Waals surface area contributed by atoms with E-state index in [1.807, 2.05) is 57.2 Å². The van der Waals surface area contributed by atoms with Crippen LogP contribution in [-0.2, 0) is 32.6 Å². The standard InChI is InChI=1S/C31H37Cl2N3O4S/c1-5-6-16-34-31(38)29(18-24-10-8-7-9-11-24)35(20-25-13-14-26(32)19-28(25)33)30(37)21-36(41(4,39)40)27-15-12-22(2)23(3)17-27/h7-15,17,19,29H,5-6,16,18,20-21H2,1-4H3,(H,34,38)/t29-/m0/s1. The van der Waals surface area contributed by atoms with Crippen LogP contribution >= 0.6 is 23.2 Å². The molecule has 3 aromatic carbocycles. The highest BCUT2D eigenvalue weighted by molar-refractivity contribution is 7.92. The number of sulfonamides is 1. The van der Waals surface area contributed by atoms with Crippen molar-refractivity contribution in [3.05, 3.63) is 99.0 Å². The molecule has 0 unspecified atom stereocenters. The molecule has 0 heterocycles. The lowest BCUT2D eigenvalue weighted by Gasteiger charge is -2.33. The number of hydrogen-bond acceptors (Lipinski definition) is 4. The van der Waals surface area contributed by atoms with Crippen molar-refractivity contribution in [2.24, 2.45) is 0 Å². The van der Waals surface area contributed by atoms with E-state index >= 15 is 0 Å². The molecule has 1 atom stereocenters. The van der Waals surface area contributed by atoms with Crippen molar-refractivity contribution < 1.29 is 18.0 Å². The van der Waals surface area contributed by atoms with E-state index in [2.05, 4.69) is 5.32 Å². The zero-order valence-electron chi connectivity index (χ0n) is 23.9. The smallest absolute Gasteiger partial charge is 0.244 e. The molecule has 0 aliphatic heterocycles. The Kier molecular flexibility index (Phi) is 11.6. The van der Waals surface area contributed by atoms with Gasteiger partial charge in [-0.05, 0) is 66.8 Å². The Morgan fingerprint density at radius 1 is 0.951 bits per heavy atom. The van der Waals surface area contributed by atoms with Crippen molar-refractivity contribution >= 4 is 50.7 Å². The van der Waals surface area contributed by atoms with Crippen molar-refractivity contribution in [1.29, 1.82) is 0 Å². The Morgan fingerprint density at radius 3 is 2.27 bits per heavy atom. The van der Waals surface area contributed by atoms with Crippen LogP contribution in [0.3, 0.4) is 0 Å². The van der Waals surface area contributed by atoms with Gasteiger partial charge in [0.1, 0.15) is 12.6 Å². The summed E-state index contributed by atoms with van der Waals surface area (Å²) >= 11 is 12.6. The summed E-state index contributed by atoms with van der Waals surface area (Å²) < 4.78 is 27.0. The van der Waals surface area contributed by atoms with E-state index < -0.39 is 28.5 Å². The number of anilines is 1. The third kappa shape index (κ3) is 9.21. The molecule has 10 heteroatoms. The fraction of sp³-hybridized carbons (Fsp3) is 0.355. The molecule has 2 amide bonds. The Balaban J connectivity index is 2.07. The lowest BCUT2D eigenvalue weighted by atomic mass is 10.0. The van der Waals surface area contributed by atoms with Crippen LogP contribution in [0.15, 0.2) is 66.7 Å². The predicted molar refractivity (Wildman–Crippen MR) is 167 cm³/mol. The highest BCUT2D eigenvalue weighted by Gasteiger charge is 2.33. The van der Waals surface area contributed by atoms with E-state index in [1.54, 1.807) is 30.3 Å². The summed E-state index contributed by atoms with van der Waals surface area (Å²) in [5.74, 6) is -0.857. The molecule has 3 aromatic rings. The number of aryl methyl sites for hydroxylation is 2. The van der Waals surface area contributed by atoms with Gasteiger partial charge in [-0.3, -0.25) is 13.9 Å². The van der Waals surface area contributed by atoms with Crippen molar-refractivity contribution in [1.82, 2.24) is 10.2 Å². The van der Waals surface area contributed by atoms with Crippen molar-refractivity contribution in [3.63, 3.8) is 0 Å². The highest BCUT2D eigenvalue weighted by atomic mass is 35.5. The first-order valence-corrected chi connectivity index (χ1v) is 16.1. The SMILES string of the molecule is CCCCNC(=O)[C@H](Cc1ccccc1)N(Cc1ccc(Cl)cc1Cl)C(=O)CN(c1ccc(C)c(C)c1)S(C)(=O)=O. The number of benzene rings is 3. The Bertz CT molecular complexity index is 1470. The molecule has 41 heavy (non-hydrogen) atoms. The Morgan fingerprint density at radius 2 is 1.66 bits per heavy atom. The van der Waals surface area contributed by atoms with Gasteiger partial charge in [0.2, 0.25) is 21.8 Å². The first-order chi connectivity index (χ1) is 19.4. The second kappa shape index (κ2) is 14.7. The molecular weight excluding hydrogens is 581 g/mol. The molecule has 0 spiro atoms. The third-order valence-corrected chi connectivity index (χ3v) is 8.64. The molecule has 0 saturated heterocycles. The monoisotopic (exact) mass is 617 g/mol. The zero-order valence-corrected chi connectivity index (χ0v) is 26.2. The molecule has 0 fully saturated rings. The maximum Gasteiger partial charge on any atom is 0.244 e. The molecule has 0 aliphatic carbocycles. The number of hydrogen-bond donors (Lipinski definition) is 1. The number of carbonyl (C=O) groups is 2. The minimum absolute atomic E-state index is 0.0158. The van der Waals surface area contributed by atoms with E-state index in [-0.39, 0.29) is 18.9 Å². The van der Waals surface area contributed by atoms with Crippen LogP contribution in [0.1, 0.15) is 42.0 Å². The average molecular weight is 619 g/mol. The third-order valence-electron chi connectivity index (χ3n) is 6.91. The fourth-order valence-corrected chi connectivity index (χ4v) is 5.70. The number of nitrogens with zero attached hydrogens (tertiary/aromatic N) is 2. The topological polar surface area (TPSA) is 86.8 Å². The van der Waals surface area contributed by atoms with E-state index in [1.165, 1.54) is 4.90 Å². The van der Waals surface area contributed by atoms with Gasteiger partial charge >= 0.3 is 0 Å². The van der Waals surface area contributed by atoms with Crippen LogP contribution in [0, 0.1) is 13.8 Å². The van der Waals surface area contributed by atoms with E-state index in [9.17, 15) is 18.0 Å². The quantitative estimate of drug-likeness (QED) is 0.241. The summed E-state index contributed by atoms with van der Waals surface area (Å²) in [6.45, 7) is 5.80. The number of rotatable bonds is 13. The van der Waals surface area contributed by atoms with Gasteiger partial charge in [-0.2, -0.15) is 0 Å². The molecule has 0 aromatic heterocycles.